The molecule has 5 nitrogen and oxygen atoms in total. The molecule has 0 bridgehead atoms. The van der Waals surface area contributed by atoms with E-state index in [4.69, 9.17) is 5.73 Å². The van der Waals surface area contributed by atoms with Gasteiger partial charge in [-0.15, -0.1) is 0 Å². The van der Waals surface area contributed by atoms with Crippen LogP contribution in [0.4, 0.5) is 0 Å². The molecule has 1 aromatic rings. The molecule has 1 aromatic carbocycles. The molecule has 0 aliphatic rings. The predicted molar refractivity (Wildman–Crippen MR) is 103 cm³/mol. The summed E-state index contributed by atoms with van der Waals surface area (Å²) in [6.45, 7) is 11.9. The highest BCUT2D eigenvalue weighted by molar-refractivity contribution is 5.99. The van der Waals surface area contributed by atoms with Gasteiger partial charge in [-0.2, -0.15) is 0 Å². The summed E-state index contributed by atoms with van der Waals surface area (Å²) in [5.41, 5.74) is 6.40. The number of carbonyl (C=O) groups excluding carboxylic acids is 2. The number of carbonyl (C=O) groups is 2. The number of rotatable bonds is 9. The number of hydrogen-bond donors (Lipinski definition) is 2. The summed E-state index contributed by atoms with van der Waals surface area (Å²) in [6.07, 6.45) is 1.82. The Morgan fingerprint density at radius 1 is 1.16 bits per heavy atom. The number of nitrogens with two attached hydrogens (primary N) is 1. The van der Waals surface area contributed by atoms with Crippen molar-refractivity contribution < 1.29 is 9.59 Å². The number of amides is 2. The molecule has 2 amide bonds. The van der Waals surface area contributed by atoms with Crippen LogP contribution in [-0.2, 0) is 0 Å². The molecule has 0 heterocycles. The van der Waals surface area contributed by atoms with Gasteiger partial charge in [-0.1, -0.05) is 33.8 Å². The van der Waals surface area contributed by atoms with E-state index in [1.54, 1.807) is 24.3 Å². The molecule has 5 heteroatoms. The Balaban J connectivity index is 3.00. The average Bonchev–Trinajstić information content (AvgIpc) is 2.60. The first-order valence-corrected chi connectivity index (χ1v) is 9.21. The Morgan fingerprint density at radius 2 is 1.72 bits per heavy atom. The van der Waals surface area contributed by atoms with Gasteiger partial charge in [0.15, 0.2) is 0 Å². The van der Waals surface area contributed by atoms with Crippen molar-refractivity contribution in [3.05, 3.63) is 35.4 Å². The van der Waals surface area contributed by atoms with Gasteiger partial charge < -0.3 is 16.0 Å². The van der Waals surface area contributed by atoms with Crippen molar-refractivity contribution in [2.24, 2.45) is 11.7 Å². The quantitative estimate of drug-likeness (QED) is 0.721. The Labute approximate surface area is 152 Å². The van der Waals surface area contributed by atoms with Crippen molar-refractivity contribution in [2.75, 3.05) is 19.6 Å². The fraction of sp³-hybridized carbons (Fsp3) is 0.600. The van der Waals surface area contributed by atoms with E-state index in [9.17, 15) is 9.59 Å². The summed E-state index contributed by atoms with van der Waals surface area (Å²) < 4.78 is 0. The minimum absolute atomic E-state index is 0.0243. The van der Waals surface area contributed by atoms with Crippen LogP contribution >= 0.6 is 0 Å². The molecule has 140 valence electrons. The van der Waals surface area contributed by atoms with Crippen LogP contribution in [0.3, 0.4) is 0 Å². The van der Waals surface area contributed by atoms with Gasteiger partial charge >= 0.3 is 0 Å². The van der Waals surface area contributed by atoms with Crippen molar-refractivity contribution in [3.8, 4) is 0 Å². The second-order valence-corrected chi connectivity index (χ2v) is 7.10. The van der Waals surface area contributed by atoms with Crippen molar-refractivity contribution in [2.45, 2.75) is 53.0 Å². The van der Waals surface area contributed by atoms with Crippen molar-refractivity contribution in [3.63, 3.8) is 0 Å². The third kappa shape index (κ3) is 5.56. The zero-order valence-electron chi connectivity index (χ0n) is 16.3. The molecule has 1 rings (SSSR count). The third-order valence-electron chi connectivity index (χ3n) is 4.74. The van der Waals surface area contributed by atoms with E-state index in [-0.39, 0.29) is 17.7 Å². The molecule has 25 heavy (non-hydrogen) atoms. The van der Waals surface area contributed by atoms with Gasteiger partial charge in [-0.3, -0.25) is 9.59 Å². The lowest BCUT2D eigenvalue weighted by atomic mass is 9.88. The van der Waals surface area contributed by atoms with Gasteiger partial charge in [0.1, 0.15) is 0 Å². The summed E-state index contributed by atoms with van der Waals surface area (Å²) in [5, 5.41) is 3.02. The maximum Gasteiger partial charge on any atom is 0.253 e. The molecule has 0 fully saturated rings. The second-order valence-electron chi connectivity index (χ2n) is 7.10. The number of hydrogen-bond acceptors (Lipinski definition) is 3. The highest BCUT2D eigenvalue weighted by atomic mass is 16.2. The molecule has 0 aromatic heterocycles. The zero-order chi connectivity index (χ0) is 19.0. The van der Waals surface area contributed by atoms with Gasteiger partial charge in [0.25, 0.3) is 11.8 Å². The lowest BCUT2D eigenvalue weighted by Crippen LogP contribution is -2.55. The van der Waals surface area contributed by atoms with Crippen LogP contribution in [0.1, 0.15) is 68.2 Å². The normalized spacial score (nSPS) is 13.4. The summed E-state index contributed by atoms with van der Waals surface area (Å²) in [6, 6.07) is 6.93. The maximum atomic E-state index is 12.7. The largest absolute Gasteiger partial charge is 0.345 e. The standard InChI is InChI=1S/C20H33N3O2/c1-6-11-23(12-7-2)19(25)17-10-8-9-16(13-17)18(24)22-20(5,14-21)15(3)4/h8-10,13,15H,6-7,11-12,14,21H2,1-5H3,(H,22,24). The average molecular weight is 348 g/mol. The molecule has 0 spiro atoms. The first-order chi connectivity index (χ1) is 11.8. The van der Waals surface area contributed by atoms with E-state index in [0.29, 0.717) is 17.7 Å². The highest BCUT2D eigenvalue weighted by Gasteiger charge is 2.29. The van der Waals surface area contributed by atoms with E-state index >= 15 is 0 Å². The molecule has 1 unspecified atom stereocenters. The molecule has 3 N–H and O–H groups in total. The summed E-state index contributed by atoms with van der Waals surface area (Å²) in [4.78, 5) is 27.2. The fourth-order valence-electron chi connectivity index (χ4n) is 2.59. The summed E-state index contributed by atoms with van der Waals surface area (Å²) in [7, 11) is 0. The Hall–Kier alpha value is -1.88. The first-order valence-electron chi connectivity index (χ1n) is 9.21. The molecule has 1 atom stereocenters. The summed E-state index contributed by atoms with van der Waals surface area (Å²) in [5.74, 6) is -0.0199. The van der Waals surface area contributed by atoms with Crippen LogP contribution in [-0.4, -0.2) is 41.9 Å². The predicted octanol–water partition coefficient (Wildman–Crippen LogP) is 3.05. The minimum Gasteiger partial charge on any atom is -0.345 e. The van der Waals surface area contributed by atoms with Gasteiger partial charge in [0.05, 0.1) is 5.54 Å². The van der Waals surface area contributed by atoms with E-state index in [1.807, 2.05) is 25.7 Å². The zero-order valence-corrected chi connectivity index (χ0v) is 16.3. The van der Waals surface area contributed by atoms with Crippen LogP contribution in [0, 0.1) is 5.92 Å². The van der Waals surface area contributed by atoms with E-state index in [0.717, 1.165) is 25.9 Å². The first kappa shape index (κ1) is 21.2. The molecule has 0 aliphatic heterocycles. The molecule has 0 aliphatic carbocycles. The van der Waals surface area contributed by atoms with Gasteiger partial charge in [0, 0.05) is 30.8 Å². The van der Waals surface area contributed by atoms with Crippen LogP contribution in [0.5, 0.6) is 0 Å². The van der Waals surface area contributed by atoms with Crippen LogP contribution < -0.4 is 11.1 Å². The van der Waals surface area contributed by atoms with E-state index < -0.39 is 5.54 Å². The molecule has 0 saturated carbocycles. The lowest BCUT2D eigenvalue weighted by molar-refractivity contribution is 0.0755. The van der Waals surface area contributed by atoms with Crippen molar-refractivity contribution in [1.29, 1.82) is 0 Å². The minimum atomic E-state index is -0.479. The van der Waals surface area contributed by atoms with Crippen molar-refractivity contribution >= 4 is 11.8 Å². The smallest absolute Gasteiger partial charge is 0.253 e. The molecular weight excluding hydrogens is 314 g/mol. The lowest BCUT2D eigenvalue weighted by Gasteiger charge is -2.33. The maximum absolute atomic E-state index is 12.7. The number of nitrogens with zero attached hydrogens (tertiary/aromatic N) is 1. The van der Waals surface area contributed by atoms with Crippen LogP contribution in [0.25, 0.3) is 0 Å². The highest BCUT2D eigenvalue weighted by Crippen LogP contribution is 2.17. The van der Waals surface area contributed by atoms with Gasteiger partial charge in [-0.05, 0) is 43.9 Å². The Morgan fingerprint density at radius 3 is 2.20 bits per heavy atom. The molecule has 0 saturated heterocycles. The van der Waals surface area contributed by atoms with Gasteiger partial charge in [0.2, 0.25) is 0 Å². The molecule has 0 radical (unpaired) electrons. The third-order valence-corrected chi connectivity index (χ3v) is 4.74. The summed E-state index contributed by atoms with van der Waals surface area (Å²) >= 11 is 0. The number of benzene rings is 1. The Kier molecular flexibility index (Phi) is 8.10. The van der Waals surface area contributed by atoms with Crippen molar-refractivity contribution in [1.82, 2.24) is 10.2 Å². The van der Waals surface area contributed by atoms with E-state index in [2.05, 4.69) is 19.2 Å². The Bertz CT molecular complexity index is 580. The second kappa shape index (κ2) is 9.56. The van der Waals surface area contributed by atoms with Gasteiger partial charge in [-0.25, -0.2) is 0 Å². The van der Waals surface area contributed by atoms with Crippen LogP contribution in [0.2, 0.25) is 0 Å². The van der Waals surface area contributed by atoms with Crippen LogP contribution in [0.15, 0.2) is 24.3 Å². The van der Waals surface area contributed by atoms with E-state index in [1.165, 1.54) is 0 Å². The SMILES string of the molecule is CCCN(CCC)C(=O)c1cccc(C(=O)NC(C)(CN)C(C)C)c1. The monoisotopic (exact) mass is 347 g/mol. The molecular formula is C20H33N3O2. The number of nitrogens with one attached hydrogen (secondary N) is 1. The fourth-order valence-corrected chi connectivity index (χ4v) is 2.59. The topological polar surface area (TPSA) is 75.4 Å².